The molecule has 0 fully saturated rings. The van der Waals surface area contributed by atoms with Crippen molar-refractivity contribution in [1.29, 1.82) is 4.78 Å². The average Bonchev–Trinajstić information content (AvgIpc) is 1.75. The lowest BCUT2D eigenvalue weighted by Gasteiger charge is -1.79. The molecule has 0 aromatic carbocycles. The molecule has 0 spiro atoms. The molecule has 0 atom stereocenters. The highest BCUT2D eigenvalue weighted by Gasteiger charge is 1.68. The van der Waals surface area contributed by atoms with E-state index in [-0.39, 0.29) is 0 Å². The molecular weight excluding hydrogens is 106 g/mol. The monoisotopic (exact) mass is 119 g/mol. The van der Waals surface area contributed by atoms with Gasteiger partial charge < -0.3 is 0 Å². The highest BCUT2D eigenvalue weighted by Crippen LogP contribution is 1.88. The molecule has 2 heteroatoms. The molecule has 0 saturated carbocycles. The molecule has 0 unspecified atom stereocenters. The van der Waals surface area contributed by atoms with Crippen molar-refractivity contribution in [2.75, 3.05) is 0 Å². The second kappa shape index (κ2) is 16.6. The Morgan fingerprint density at radius 3 is 1.43 bits per heavy atom. The van der Waals surface area contributed by atoms with Gasteiger partial charge >= 0.3 is 0 Å². The summed E-state index contributed by atoms with van der Waals surface area (Å²) in [6.45, 7) is 4.42. The van der Waals surface area contributed by atoms with Gasteiger partial charge in [-0.1, -0.05) is 33.1 Å². The molecule has 44 valence electrons. The molecule has 0 aliphatic rings. The van der Waals surface area contributed by atoms with Crippen LogP contribution in [0.25, 0.3) is 0 Å². The van der Waals surface area contributed by atoms with E-state index in [9.17, 15) is 0 Å². The Balaban J connectivity index is 0. The molecule has 0 aromatic heterocycles. The molecule has 0 aliphatic carbocycles. The first kappa shape index (κ1) is 10.1. The standard InChI is InChI=1S/C5H12.HNS/c1-3-5-4-2;1-2/h3-5H2,1-2H3;1H. The lowest BCUT2D eigenvalue weighted by atomic mass is 10.3. The summed E-state index contributed by atoms with van der Waals surface area (Å²) in [6, 6.07) is 0. The summed E-state index contributed by atoms with van der Waals surface area (Å²) < 4.78 is 5.33. The van der Waals surface area contributed by atoms with Gasteiger partial charge in [0.05, 0.1) is 0 Å². The summed E-state index contributed by atoms with van der Waals surface area (Å²) in [5.41, 5.74) is 0. The zero-order valence-corrected chi connectivity index (χ0v) is 5.85. The summed E-state index contributed by atoms with van der Waals surface area (Å²) >= 11 is 3.33. The predicted octanol–water partition coefficient (Wildman–Crippen LogP) is 2.49. The van der Waals surface area contributed by atoms with E-state index in [1.165, 1.54) is 19.3 Å². The third-order valence-electron chi connectivity index (χ3n) is 0.707. The Hall–Kier alpha value is 0.0200. The van der Waals surface area contributed by atoms with Crippen LogP contribution >= 0.6 is 0 Å². The first-order valence-electron chi connectivity index (χ1n) is 2.62. The van der Waals surface area contributed by atoms with Crippen LogP contribution in [0.2, 0.25) is 0 Å². The van der Waals surface area contributed by atoms with E-state index in [1.54, 1.807) is 0 Å². The lowest BCUT2D eigenvalue weighted by Crippen LogP contribution is -1.59. The first-order valence-corrected chi connectivity index (χ1v) is 3.03. The van der Waals surface area contributed by atoms with Gasteiger partial charge in [0.15, 0.2) is 0 Å². The Morgan fingerprint density at radius 2 is 1.43 bits per heavy atom. The van der Waals surface area contributed by atoms with Crippen LogP contribution in [0.3, 0.4) is 0 Å². The lowest BCUT2D eigenvalue weighted by molar-refractivity contribution is 0.772. The molecule has 0 amide bonds. The van der Waals surface area contributed by atoms with Crippen molar-refractivity contribution >= 4 is 12.4 Å². The molecule has 0 aliphatic heterocycles. The molecule has 0 heterocycles. The maximum Gasteiger partial charge on any atom is 0.0324 e. The van der Waals surface area contributed by atoms with Gasteiger partial charge in [-0.05, 0) is 0 Å². The van der Waals surface area contributed by atoms with Gasteiger partial charge in [0.1, 0.15) is 0 Å². The quantitative estimate of drug-likeness (QED) is 0.593. The second-order valence-electron chi connectivity index (χ2n) is 1.35. The van der Waals surface area contributed by atoms with E-state index in [2.05, 4.69) is 26.3 Å². The number of unbranched alkanes of at least 4 members (excludes halogenated alkanes) is 2. The van der Waals surface area contributed by atoms with Crippen molar-refractivity contribution in [2.24, 2.45) is 0 Å². The van der Waals surface area contributed by atoms with Crippen LogP contribution in [-0.4, -0.2) is 0 Å². The number of nitrogens with one attached hydrogen (secondary N) is 1. The van der Waals surface area contributed by atoms with Crippen LogP contribution in [0.15, 0.2) is 0 Å². The van der Waals surface area contributed by atoms with Gasteiger partial charge in [-0.25, -0.2) is 4.78 Å². The van der Waals surface area contributed by atoms with E-state index in [0.717, 1.165) is 0 Å². The molecule has 0 aromatic rings. The maximum atomic E-state index is 5.33. The SMILES string of the molecule is CCCCC.N=S. The smallest absolute Gasteiger partial charge is 0.0324 e. The van der Waals surface area contributed by atoms with Crippen molar-refractivity contribution in [2.45, 2.75) is 33.1 Å². The Kier molecular flexibility index (Phi) is 24.0. The number of hydrogen-bond donors (Lipinski definition) is 1. The van der Waals surface area contributed by atoms with Crippen LogP contribution < -0.4 is 0 Å². The normalized spacial score (nSPS) is 6.57. The van der Waals surface area contributed by atoms with E-state index in [0.29, 0.717) is 0 Å². The predicted molar refractivity (Wildman–Crippen MR) is 35.3 cm³/mol. The highest BCUT2D eigenvalue weighted by atomic mass is 32.1. The third-order valence-corrected chi connectivity index (χ3v) is 0.707. The summed E-state index contributed by atoms with van der Waals surface area (Å²) in [6.07, 6.45) is 4.08. The summed E-state index contributed by atoms with van der Waals surface area (Å²) in [5, 5.41) is 0. The van der Waals surface area contributed by atoms with E-state index < -0.39 is 0 Å². The molecule has 0 rings (SSSR count). The molecule has 0 radical (unpaired) electrons. The molecule has 1 nitrogen and oxygen atoms in total. The maximum absolute atomic E-state index is 5.33. The van der Waals surface area contributed by atoms with Crippen LogP contribution in [0.5, 0.6) is 0 Å². The van der Waals surface area contributed by atoms with Crippen molar-refractivity contribution in [1.82, 2.24) is 0 Å². The first-order chi connectivity index (χ1) is 3.41. The molecule has 1 N–H and O–H groups in total. The van der Waals surface area contributed by atoms with Crippen molar-refractivity contribution < 1.29 is 0 Å². The Labute approximate surface area is 51.1 Å². The summed E-state index contributed by atoms with van der Waals surface area (Å²) in [7, 11) is 0. The summed E-state index contributed by atoms with van der Waals surface area (Å²) in [4.78, 5) is 0. The van der Waals surface area contributed by atoms with Crippen LogP contribution in [0.1, 0.15) is 33.1 Å². The highest BCUT2D eigenvalue weighted by molar-refractivity contribution is 7.45. The third kappa shape index (κ3) is 23.8. The van der Waals surface area contributed by atoms with E-state index in [4.69, 9.17) is 4.78 Å². The molecule has 0 bridgehead atoms. The minimum absolute atomic E-state index is 1.34. The average molecular weight is 119 g/mol. The van der Waals surface area contributed by atoms with Gasteiger partial charge in [0, 0.05) is 12.4 Å². The van der Waals surface area contributed by atoms with Gasteiger partial charge in [-0.15, -0.1) is 0 Å². The topological polar surface area (TPSA) is 23.9 Å². The van der Waals surface area contributed by atoms with E-state index >= 15 is 0 Å². The van der Waals surface area contributed by atoms with Crippen molar-refractivity contribution in [3.63, 3.8) is 0 Å². The fourth-order valence-electron chi connectivity index (χ4n) is 0.354. The number of rotatable bonds is 2. The minimum atomic E-state index is 1.34. The Bertz CT molecular complexity index is 22.0. The van der Waals surface area contributed by atoms with Gasteiger partial charge in [-0.2, -0.15) is 0 Å². The largest absolute Gasteiger partial charge is 0.235 e. The van der Waals surface area contributed by atoms with Gasteiger partial charge in [0.25, 0.3) is 0 Å². The molecule has 7 heavy (non-hydrogen) atoms. The second-order valence-corrected chi connectivity index (χ2v) is 1.35. The number of hydrogen-bond acceptors (Lipinski definition) is 2. The molecular formula is C5H13NS. The summed E-state index contributed by atoms with van der Waals surface area (Å²) in [5.74, 6) is 0. The molecule has 0 saturated heterocycles. The van der Waals surface area contributed by atoms with Crippen molar-refractivity contribution in [3.8, 4) is 0 Å². The van der Waals surface area contributed by atoms with Crippen molar-refractivity contribution in [3.05, 3.63) is 0 Å². The zero-order chi connectivity index (χ0) is 6.12. The minimum Gasteiger partial charge on any atom is -0.235 e. The zero-order valence-electron chi connectivity index (χ0n) is 5.03. The fourth-order valence-corrected chi connectivity index (χ4v) is 0.354. The van der Waals surface area contributed by atoms with Gasteiger partial charge in [-0.3, -0.25) is 0 Å². The Morgan fingerprint density at radius 1 is 1.14 bits per heavy atom. The van der Waals surface area contributed by atoms with E-state index in [1.807, 2.05) is 0 Å². The van der Waals surface area contributed by atoms with Gasteiger partial charge in [0.2, 0.25) is 0 Å². The van der Waals surface area contributed by atoms with Crippen LogP contribution in [0, 0.1) is 4.78 Å². The van der Waals surface area contributed by atoms with Crippen LogP contribution in [-0.2, 0) is 12.4 Å². The van der Waals surface area contributed by atoms with Crippen LogP contribution in [0.4, 0.5) is 0 Å². The fraction of sp³-hybridized carbons (Fsp3) is 1.00.